The highest BCUT2D eigenvalue weighted by Crippen LogP contribution is 2.30. The minimum absolute atomic E-state index is 0.0306. The van der Waals surface area contributed by atoms with Gasteiger partial charge in [-0.3, -0.25) is 4.79 Å². The van der Waals surface area contributed by atoms with Crippen LogP contribution < -0.4 is 0 Å². The normalized spacial score (nSPS) is 14.0. The first-order valence-corrected chi connectivity index (χ1v) is 8.89. The minimum atomic E-state index is -0.0306. The Morgan fingerprint density at radius 2 is 1.96 bits per heavy atom. The van der Waals surface area contributed by atoms with Crippen molar-refractivity contribution in [2.45, 2.75) is 11.3 Å². The maximum absolute atomic E-state index is 12.3. The van der Waals surface area contributed by atoms with Gasteiger partial charge >= 0.3 is 0 Å². The summed E-state index contributed by atoms with van der Waals surface area (Å²) < 4.78 is 0. The molecule has 1 amide bonds. The lowest BCUT2D eigenvalue weighted by molar-refractivity contribution is -0.127. The smallest absolute Gasteiger partial charge is 0.253 e. The van der Waals surface area contributed by atoms with Crippen LogP contribution in [-0.2, 0) is 4.79 Å². The molecule has 2 aromatic rings. The van der Waals surface area contributed by atoms with Crippen molar-refractivity contribution in [1.82, 2.24) is 5.01 Å². The van der Waals surface area contributed by atoms with E-state index in [1.807, 2.05) is 30.3 Å². The fraction of sp³-hybridized carbons (Fsp3) is 0.176. The first kappa shape index (κ1) is 16.4. The quantitative estimate of drug-likeness (QED) is 0.735. The highest BCUT2D eigenvalue weighted by Gasteiger charge is 2.21. The predicted octanol–water partition coefficient (Wildman–Crippen LogP) is 4.72. The van der Waals surface area contributed by atoms with Gasteiger partial charge in [0, 0.05) is 16.3 Å². The summed E-state index contributed by atoms with van der Waals surface area (Å²) in [7, 11) is 0. The van der Waals surface area contributed by atoms with Crippen LogP contribution >= 0.6 is 35.0 Å². The summed E-state index contributed by atoms with van der Waals surface area (Å²) in [6.45, 7) is 0.618. The summed E-state index contributed by atoms with van der Waals surface area (Å²) in [5, 5.41) is 7.18. The molecule has 0 saturated carbocycles. The van der Waals surface area contributed by atoms with Gasteiger partial charge in [-0.25, -0.2) is 5.01 Å². The molecule has 3 rings (SSSR count). The first-order chi connectivity index (χ1) is 11.1. The van der Waals surface area contributed by atoms with Gasteiger partial charge in [-0.15, -0.1) is 11.8 Å². The van der Waals surface area contributed by atoms with Crippen LogP contribution in [0.25, 0.3) is 0 Å². The third-order valence-electron chi connectivity index (χ3n) is 3.44. The van der Waals surface area contributed by atoms with E-state index in [-0.39, 0.29) is 11.7 Å². The molecule has 1 aliphatic rings. The van der Waals surface area contributed by atoms with Gasteiger partial charge in [0.2, 0.25) is 0 Å². The summed E-state index contributed by atoms with van der Waals surface area (Å²) in [6, 6.07) is 15.2. The third kappa shape index (κ3) is 4.08. The molecule has 118 valence electrons. The molecule has 1 heterocycles. The fourth-order valence-corrected chi connectivity index (χ4v) is 3.63. The second kappa shape index (κ2) is 7.39. The van der Waals surface area contributed by atoms with Crippen molar-refractivity contribution in [3.8, 4) is 0 Å². The second-order valence-electron chi connectivity index (χ2n) is 5.04. The molecule has 0 saturated heterocycles. The number of halogens is 2. The van der Waals surface area contributed by atoms with E-state index < -0.39 is 0 Å². The number of thioether (sulfide) groups is 1. The molecule has 0 atom stereocenters. The van der Waals surface area contributed by atoms with Crippen molar-refractivity contribution in [2.75, 3.05) is 12.3 Å². The second-order valence-corrected chi connectivity index (χ2v) is 6.90. The van der Waals surface area contributed by atoms with Crippen LogP contribution in [0.1, 0.15) is 12.0 Å². The van der Waals surface area contributed by atoms with Gasteiger partial charge in [0.15, 0.2) is 0 Å². The van der Waals surface area contributed by atoms with Crippen molar-refractivity contribution in [2.24, 2.45) is 5.10 Å². The van der Waals surface area contributed by atoms with E-state index in [0.29, 0.717) is 16.6 Å². The van der Waals surface area contributed by atoms with Gasteiger partial charge in [-0.05, 0) is 23.8 Å². The molecular weight excluding hydrogens is 351 g/mol. The molecule has 0 aliphatic carbocycles. The van der Waals surface area contributed by atoms with E-state index in [1.54, 1.807) is 18.2 Å². The molecule has 3 nitrogen and oxygen atoms in total. The van der Waals surface area contributed by atoms with Gasteiger partial charge in [0.25, 0.3) is 5.91 Å². The topological polar surface area (TPSA) is 32.7 Å². The van der Waals surface area contributed by atoms with Crippen LogP contribution in [0.4, 0.5) is 0 Å². The zero-order valence-corrected chi connectivity index (χ0v) is 14.5. The summed E-state index contributed by atoms with van der Waals surface area (Å²) in [6.07, 6.45) is 0.776. The molecule has 0 radical (unpaired) electrons. The van der Waals surface area contributed by atoms with Crippen LogP contribution in [0.2, 0.25) is 10.0 Å². The largest absolute Gasteiger partial charge is 0.272 e. The van der Waals surface area contributed by atoms with Gasteiger partial charge in [-0.2, -0.15) is 5.10 Å². The number of hydrogen-bond acceptors (Lipinski definition) is 3. The van der Waals surface area contributed by atoms with Gasteiger partial charge < -0.3 is 0 Å². The Hall–Kier alpha value is -1.49. The molecule has 23 heavy (non-hydrogen) atoms. The van der Waals surface area contributed by atoms with Crippen LogP contribution in [0, 0.1) is 0 Å². The molecule has 0 unspecified atom stereocenters. The number of carbonyl (C=O) groups is 1. The Balaban J connectivity index is 1.63. The monoisotopic (exact) mass is 364 g/mol. The average molecular weight is 365 g/mol. The van der Waals surface area contributed by atoms with E-state index in [4.69, 9.17) is 23.2 Å². The highest BCUT2D eigenvalue weighted by atomic mass is 35.5. The lowest BCUT2D eigenvalue weighted by Crippen LogP contribution is -2.25. The van der Waals surface area contributed by atoms with E-state index in [9.17, 15) is 4.79 Å². The number of carbonyl (C=O) groups excluding carboxylic acids is 1. The van der Waals surface area contributed by atoms with E-state index >= 15 is 0 Å². The van der Waals surface area contributed by atoms with Crippen LogP contribution in [0.3, 0.4) is 0 Å². The predicted molar refractivity (Wildman–Crippen MR) is 96.5 cm³/mol. The van der Waals surface area contributed by atoms with Crippen LogP contribution in [-0.4, -0.2) is 28.9 Å². The SMILES string of the molecule is O=C(CSc1cc(Cl)ccc1Cl)N1CCC(c2ccccc2)=N1. The van der Waals surface area contributed by atoms with Crippen LogP contribution in [0.15, 0.2) is 58.5 Å². The Morgan fingerprint density at radius 3 is 2.74 bits per heavy atom. The average Bonchev–Trinajstić information content (AvgIpc) is 3.06. The molecule has 2 aromatic carbocycles. The molecular formula is C17H14Cl2N2OS. The zero-order chi connectivity index (χ0) is 16.2. The van der Waals surface area contributed by atoms with Gasteiger partial charge in [0.1, 0.15) is 0 Å². The summed E-state index contributed by atoms with van der Waals surface area (Å²) in [4.78, 5) is 13.1. The van der Waals surface area contributed by atoms with Gasteiger partial charge in [-0.1, -0.05) is 53.5 Å². The summed E-state index contributed by atoms with van der Waals surface area (Å²) in [5.74, 6) is 0.253. The number of amides is 1. The van der Waals surface area contributed by atoms with E-state index in [1.165, 1.54) is 16.8 Å². The highest BCUT2D eigenvalue weighted by molar-refractivity contribution is 8.00. The molecule has 6 heteroatoms. The Labute approximate surface area is 149 Å². The van der Waals surface area contributed by atoms with Crippen molar-refractivity contribution < 1.29 is 4.79 Å². The Bertz CT molecular complexity index is 750. The molecule has 1 aliphatic heterocycles. The molecule has 0 bridgehead atoms. The number of benzene rings is 2. The molecule has 0 spiro atoms. The molecule has 0 fully saturated rings. The van der Waals surface area contributed by atoms with Gasteiger partial charge in [0.05, 0.1) is 23.0 Å². The molecule has 0 N–H and O–H groups in total. The zero-order valence-electron chi connectivity index (χ0n) is 12.2. The fourth-order valence-electron chi connectivity index (χ4n) is 2.27. The van der Waals surface area contributed by atoms with Crippen LogP contribution in [0.5, 0.6) is 0 Å². The van der Waals surface area contributed by atoms with E-state index in [2.05, 4.69) is 5.10 Å². The third-order valence-corrected chi connectivity index (χ3v) is 5.16. The van der Waals surface area contributed by atoms with E-state index in [0.717, 1.165) is 22.6 Å². The Kier molecular flexibility index (Phi) is 5.26. The number of hydrazone groups is 1. The van der Waals surface area contributed by atoms with Crippen molar-refractivity contribution in [1.29, 1.82) is 0 Å². The summed E-state index contributed by atoms with van der Waals surface area (Å²) >= 11 is 13.4. The maximum atomic E-state index is 12.3. The lowest BCUT2D eigenvalue weighted by atomic mass is 10.1. The maximum Gasteiger partial charge on any atom is 0.253 e. The Morgan fingerprint density at radius 1 is 1.17 bits per heavy atom. The van der Waals surface area contributed by atoms with Crippen molar-refractivity contribution >= 4 is 46.6 Å². The standard InChI is InChI=1S/C17H14Cl2N2OS/c18-13-6-7-14(19)16(10-13)23-11-17(22)21-9-8-15(20-21)12-4-2-1-3-5-12/h1-7,10H,8-9,11H2. The molecule has 0 aromatic heterocycles. The lowest BCUT2D eigenvalue weighted by Gasteiger charge is -2.11. The number of hydrogen-bond donors (Lipinski definition) is 0. The van der Waals surface area contributed by atoms with Crippen molar-refractivity contribution in [3.63, 3.8) is 0 Å². The first-order valence-electron chi connectivity index (χ1n) is 7.14. The minimum Gasteiger partial charge on any atom is -0.272 e. The number of nitrogens with zero attached hydrogens (tertiary/aromatic N) is 2. The summed E-state index contributed by atoms with van der Waals surface area (Å²) in [5.41, 5.74) is 2.01. The number of rotatable bonds is 4. The van der Waals surface area contributed by atoms with Crippen molar-refractivity contribution in [3.05, 3.63) is 64.1 Å².